The van der Waals surface area contributed by atoms with Gasteiger partial charge in [-0.1, -0.05) is 13.8 Å². The maximum atomic E-state index is 7.70. The Hall–Kier alpha value is -0.570. The highest BCUT2D eigenvalue weighted by molar-refractivity contribution is 9.10. The van der Waals surface area contributed by atoms with Crippen molar-refractivity contribution in [3.05, 3.63) is 22.3 Å². The summed E-state index contributed by atoms with van der Waals surface area (Å²) in [7, 11) is 0. The summed E-state index contributed by atoms with van der Waals surface area (Å²) in [5, 5.41) is 0. The van der Waals surface area contributed by atoms with Crippen LogP contribution in [0.4, 0.5) is 0 Å². The monoisotopic (exact) mass is 312 g/mol. The van der Waals surface area contributed by atoms with Crippen molar-refractivity contribution in [3.8, 4) is 5.88 Å². The number of hydrogen-bond donors (Lipinski definition) is 0. The first-order valence-corrected chi connectivity index (χ1v) is 7.57. The number of aromatic nitrogens is 1. The van der Waals surface area contributed by atoms with Crippen molar-refractivity contribution in [1.29, 1.82) is 0 Å². The molecule has 0 radical (unpaired) electrons. The maximum Gasteiger partial charge on any atom is 0.228 e. The Morgan fingerprint density at radius 1 is 1.39 bits per heavy atom. The first-order valence-electron chi connectivity index (χ1n) is 7.27. The second kappa shape index (κ2) is 6.05. The van der Waals surface area contributed by atoms with Crippen LogP contribution in [0.2, 0.25) is 0 Å². The highest BCUT2D eigenvalue weighted by Gasteiger charge is 2.25. The molecule has 0 saturated heterocycles. The summed E-state index contributed by atoms with van der Waals surface area (Å²) in [6.07, 6.45) is 4.98. The van der Waals surface area contributed by atoms with Gasteiger partial charge < -0.3 is 4.74 Å². The van der Waals surface area contributed by atoms with Gasteiger partial charge in [0.1, 0.15) is 6.10 Å². The quantitative estimate of drug-likeness (QED) is 0.803. The summed E-state index contributed by atoms with van der Waals surface area (Å²) in [6.45, 7) is 6.46. The van der Waals surface area contributed by atoms with E-state index in [0.717, 1.165) is 29.2 Å². The molecule has 2 nitrogen and oxygen atoms in total. The lowest BCUT2D eigenvalue weighted by Gasteiger charge is -2.31. The largest absolute Gasteiger partial charge is 0.474 e. The second-order valence-electron chi connectivity index (χ2n) is 5.54. The van der Waals surface area contributed by atoms with Crippen molar-refractivity contribution in [3.63, 3.8) is 0 Å². The van der Waals surface area contributed by atoms with Gasteiger partial charge in [-0.2, -0.15) is 0 Å². The number of aryl methyl sites for hydroxylation is 1. The molecule has 100 valence electrons. The van der Waals surface area contributed by atoms with Crippen LogP contribution in [-0.4, -0.2) is 11.1 Å². The van der Waals surface area contributed by atoms with Crippen LogP contribution in [0.5, 0.6) is 5.88 Å². The first-order chi connectivity index (χ1) is 8.97. The molecular formula is C15H22BrNO. The lowest BCUT2D eigenvalue weighted by Crippen LogP contribution is -2.26. The van der Waals surface area contributed by atoms with Crippen LogP contribution in [0.1, 0.15) is 46.6 Å². The number of hydrogen-bond acceptors (Lipinski definition) is 2. The van der Waals surface area contributed by atoms with Gasteiger partial charge in [0.25, 0.3) is 0 Å². The summed E-state index contributed by atoms with van der Waals surface area (Å²) in [5.41, 5.74) is 0.717. The van der Waals surface area contributed by atoms with Crippen LogP contribution in [-0.2, 0) is 0 Å². The number of rotatable bonds is 3. The van der Waals surface area contributed by atoms with Gasteiger partial charge in [0.05, 0.1) is 5.84 Å². The fourth-order valence-electron chi connectivity index (χ4n) is 2.58. The van der Waals surface area contributed by atoms with Gasteiger partial charge in [0.2, 0.25) is 5.88 Å². The van der Waals surface area contributed by atoms with Crippen molar-refractivity contribution in [2.45, 2.75) is 52.6 Å². The van der Waals surface area contributed by atoms with Crippen LogP contribution >= 0.6 is 15.9 Å². The molecule has 1 saturated carbocycles. The molecule has 0 atom stereocenters. The molecule has 0 aromatic carbocycles. The molecule has 1 aliphatic carbocycles. The average molecular weight is 313 g/mol. The van der Waals surface area contributed by atoms with Crippen molar-refractivity contribution >= 4 is 15.9 Å². The van der Waals surface area contributed by atoms with Crippen molar-refractivity contribution in [2.75, 3.05) is 0 Å². The zero-order valence-electron chi connectivity index (χ0n) is 12.4. The van der Waals surface area contributed by atoms with E-state index in [4.69, 9.17) is 6.11 Å². The number of nitrogens with zero attached hydrogens (tertiary/aromatic N) is 1. The second-order valence-corrected chi connectivity index (χ2v) is 6.39. The Bertz CT molecular complexity index is 442. The summed E-state index contributed by atoms with van der Waals surface area (Å²) in [4.78, 5) is 4.36. The standard InChI is InChI=1S/C15H22BrNO/c1-10(2)12-5-7-13(8-6-12)18-15-14(16)9-4-11(3)17-15/h4,9-10,12-13H,5-8H2,1-3H3/i4D. The van der Waals surface area contributed by atoms with Crippen molar-refractivity contribution in [1.82, 2.24) is 4.98 Å². The first kappa shape index (κ1) is 12.5. The molecule has 3 heteroatoms. The Labute approximate surface area is 120 Å². The molecule has 1 aliphatic rings. The number of halogens is 1. The van der Waals surface area contributed by atoms with Gasteiger partial charge in [-0.25, -0.2) is 4.98 Å². The van der Waals surface area contributed by atoms with E-state index in [-0.39, 0.29) is 6.10 Å². The van der Waals surface area contributed by atoms with Gasteiger partial charge >= 0.3 is 0 Å². The van der Waals surface area contributed by atoms with Gasteiger partial charge in [-0.05, 0) is 72.5 Å². The summed E-state index contributed by atoms with van der Waals surface area (Å²) >= 11 is 3.44. The highest BCUT2D eigenvalue weighted by atomic mass is 79.9. The van der Waals surface area contributed by atoms with E-state index < -0.39 is 0 Å². The van der Waals surface area contributed by atoms with E-state index in [9.17, 15) is 0 Å². The van der Waals surface area contributed by atoms with Gasteiger partial charge in [0.15, 0.2) is 0 Å². The fraction of sp³-hybridized carbons (Fsp3) is 0.667. The molecule has 1 aromatic heterocycles. The summed E-state index contributed by atoms with van der Waals surface area (Å²) < 4.78 is 14.5. The van der Waals surface area contributed by atoms with E-state index in [2.05, 4.69) is 34.8 Å². The third kappa shape index (κ3) is 3.47. The average Bonchev–Trinajstić information content (AvgIpc) is 2.36. The summed E-state index contributed by atoms with van der Waals surface area (Å²) in [6, 6.07) is 2.21. The zero-order valence-corrected chi connectivity index (χ0v) is 13.0. The van der Waals surface area contributed by atoms with E-state index in [1.807, 2.05) is 6.92 Å². The number of ether oxygens (including phenoxy) is 1. The lowest BCUT2D eigenvalue weighted by atomic mass is 9.80. The van der Waals surface area contributed by atoms with Crippen LogP contribution in [0, 0.1) is 18.8 Å². The molecule has 1 heterocycles. The predicted octanol–water partition coefficient (Wildman–Crippen LogP) is 4.75. The topological polar surface area (TPSA) is 22.1 Å². The Balaban J connectivity index is 1.98. The Morgan fingerprint density at radius 3 is 2.67 bits per heavy atom. The molecule has 0 bridgehead atoms. The van der Waals surface area contributed by atoms with Crippen molar-refractivity contribution < 1.29 is 6.11 Å². The number of pyridine rings is 1. The van der Waals surface area contributed by atoms with Gasteiger partial charge in [-0.3, -0.25) is 0 Å². The summed E-state index contributed by atoms with van der Waals surface area (Å²) in [5.74, 6) is 2.26. The molecule has 0 N–H and O–H groups in total. The van der Waals surface area contributed by atoms with Crippen LogP contribution < -0.4 is 4.74 Å². The maximum absolute atomic E-state index is 7.70. The molecule has 0 amide bonds. The molecule has 0 spiro atoms. The zero-order chi connectivity index (χ0) is 14.0. The molecule has 2 rings (SSSR count). The SMILES string of the molecule is [2H]c1cc(Br)c(OC2CCC(C(C)C)CC2)nc1C. The smallest absolute Gasteiger partial charge is 0.228 e. The highest BCUT2D eigenvalue weighted by Crippen LogP contribution is 2.33. The third-order valence-electron chi connectivity index (χ3n) is 3.82. The minimum absolute atomic E-state index is 0.273. The molecule has 1 fully saturated rings. The van der Waals surface area contributed by atoms with E-state index in [1.165, 1.54) is 12.8 Å². The minimum Gasteiger partial charge on any atom is -0.474 e. The third-order valence-corrected chi connectivity index (χ3v) is 4.39. The van der Waals surface area contributed by atoms with Crippen molar-refractivity contribution in [2.24, 2.45) is 11.8 Å². The Morgan fingerprint density at radius 2 is 2.06 bits per heavy atom. The molecule has 0 unspecified atom stereocenters. The molecule has 18 heavy (non-hydrogen) atoms. The molecule has 1 aromatic rings. The Kier molecular flexibility index (Phi) is 4.19. The van der Waals surface area contributed by atoms with Gasteiger partial charge in [0, 0.05) is 5.69 Å². The molecular weight excluding hydrogens is 290 g/mol. The van der Waals surface area contributed by atoms with E-state index in [1.54, 1.807) is 6.07 Å². The van der Waals surface area contributed by atoms with E-state index in [0.29, 0.717) is 17.6 Å². The molecule has 0 aliphatic heterocycles. The van der Waals surface area contributed by atoms with Crippen LogP contribution in [0.15, 0.2) is 16.6 Å². The lowest BCUT2D eigenvalue weighted by molar-refractivity contribution is 0.111. The normalized spacial score (nSPS) is 25.1. The minimum atomic E-state index is 0.273. The van der Waals surface area contributed by atoms with E-state index >= 15 is 0 Å². The van der Waals surface area contributed by atoms with Crippen LogP contribution in [0.3, 0.4) is 0 Å². The predicted molar refractivity (Wildman–Crippen MR) is 77.9 cm³/mol. The van der Waals surface area contributed by atoms with Gasteiger partial charge in [-0.15, -0.1) is 0 Å². The fourth-order valence-corrected chi connectivity index (χ4v) is 2.88. The van der Waals surface area contributed by atoms with Crippen LogP contribution in [0.25, 0.3) is 0 Å².